The highest BCUT2D eigenvalue weighted by molar-refractivity contribution is 8.77. The highest BCUT2D eigenvalue weighted by Gasteiger charge is 2.50. The van der Waals surface area contributed by atoms with Gasteiger partial charge in [-0.2, -0.15) is 0 Å². The van der Waals surface area contributed by atoms with Gasteiger partial charge in [-0.1, -0.05) is 61.9 Å². The first-order chi connectivity index (χ1) is 30.0. The molecule has 15 heteroatoms. The van der Waals surface area contributed by atoms with Crippen molar-refractivity contribution in [3.8, 4) is 40.6 Å². The van der Waals surface area contributed by atoms with Gasteiger partial charge in [-0.15, -0.1) is 0 Å². The molecule has 0 amide bonds. The maximum Gasteiger partial charge on any atom is 0.200 e. The number of fused-ring (bicyclic) bond motifs is 4. The summed E-state index contributed by atoms with van der Waals surface area (Å²) < 4.78 is 23.5. The lowest BCUT2D eigenvalue weighted by atomic mass is 9.55. The lowest BCUT2D eigenvalue weighted by molar-refractivity contribution is -0.0808. The standard InChI is InChI=1S/C47H67NO10S4/c1-28-12-31-21-47(20-28)10-8-29(24-59-60-25-31)22-48-23-33-5-7-35(17-38(33)47)58-42-16-32-4-6-34(57-27-50)18-39(51)37(13-30-14-43(55-2)46(54)44(15-30)56-3)41(53)26-61-62-45(9-11-49)36(32)19-40(42)52/h14-16,19,28-29,31,33-35,37-39,41,45,48-54H,4-7,9,11-13,17-18,20-27H2,1-3H3/t28-,29-,31-,33+,34+,35-,37+,38+,39-,41-,45+,47-/m1/s1. The Morgan fingerprint density at radius 3 is 2.39 bits per heavy atom. The van der Waals surface area contributed by atoms with E-state index >= 15 is 0 Å². The number of aliphatic hydroxyl groups is 4. The molecule has 2 fully saturated rings. The van der Waals surface area contributed by atoms with Crippen molar-refractivity contribution in [1.29, 1.82) is 0 Å². The van der Waals surface area contributed by atoms with E-state index in [4.69, 9.17) is 18.9 Å². The second-order valence-corrected chi connectivity index (χ2v) is 23.5. The minimum atomic E-state index is -1.00. The third-order valence-electron chi connectivity index (χ3n) is 14.0. The number of methoxy groups -OCH3 is 2. The summed E-state index contributed by atoms with van der Waals surface area (Å²) in [6, 6.07) is 7.11. The highest BCUT2D eigenvalue weighted by Crippen LogP contribution is 2.55. The maximum absolute atomic E-state index is 11.8. The van der Waals surface area contributed by atoms with E-state index in [9.17, 15) is 30.6 Å². The molecule has 1 spiro atoms. The molecule has 2 aromatic rings. The van der Waals surface area contributed by atoms with E-state index in [0.29, 0.717) is 60.2 Å². The summed E-state index contributed by atoms with van der Waals surface area (Å²) in [6.45, 7) is 3.75. The van der Waals surface area contributed by atoms with E-state index < -0.39 is 31.0 Å². The number of rotatable bonds is 10. The molecule has 344 valence electrons. The zero-order valence-electron chi connectivity index (χ0n) is 36.3. The van der Waals surface area contributed by atoms with Crippen LogP contribution in [0.3, 0.4) is 0 Å². The van der Waals surface area contributed by atoms with Crippen LogP contribution in [0.4, 0.5) is 0 Å². The average molecular weight is 934 g/mol. The molecule has 7 N–H and O–H groups in total. The van der Waals surface area contributed by atoms with Crippen molar-refractivity contribution in [1.82, 2.24) is 5.32 Å². The fourth-order valence-electron chi connectivity index (χ4n) is 11.0. The van der Waals surface area contributed by atoms with Crippen LogP contribution in [0.5, 0.6) is 28.7 Å². The van der Waals surface area contributed by atoms with Gasteiger partial charge in [0, 0.05) is 52.9 Å². The molecule has 3 bridgehead atoms. The average Bonchev–Trinajstić information content (AvgIpc) is 3.32. The molecule has 11 nitrogen and oxygen atoms in total. The maximum atomic E-state index is 11.8. The van der Waals surface area contributed by atoms with Gasteiger partial charge in [0.2, 0.25) is 5.75 Å². The Kier molecular flexibility index (Phi) is 17.5. The molecule has 12 atom stereocenters. The van der Waals surface area contributed by atoms with E-state index in [1.165, 1.54) is 48.0 Å². The van der Waals surface area contributed by atoms with Crippen LogP contribution in [-0.4, -0.2) is 113 Å². The minimum Gasteiger partial charge on any atom is -0.504 e. The van der Waals surface area contributed by atoms with Crippen LogP contribution in [0, 0.1) is 52.8 Å². The first-order valence-corrected chi connectivity index (χ1v) is 27.3. The Morgan fingerprint density at radius 2 is 1.63 bits per heavy atom. The summed E-state index contributed by atoms with van der Waals surface area (Å²) in [4.78, 5) is 0. The second kappa shape index (κ2) is 22.6. The molecule has 0 aromatic heterocycles. The van der Waals surface area contributed by atoms with Crippen LogP contribution in [0.1, 0.15) is 86.7 Å². The van der Waals surface area contributed by atoms with Crippen molar-refractivity contribution < 1.29 is 49.6 Å². The van der Waals surface area contributed by atoms with E-state index in [1.807, 2.05) is 27.7 Å². The molecule has 2 saturated carbocycles. The van der Waals surface area contributed by atoms with Gasteiger partial charge in [-0.3, -0.25) is 0 Å². The molecule has 3 aliphatic heterocycles. The van der Waals surface area contributed by atoms with E-state index in [0.717, 1.165) is 62.1 Å². The van der Waals surface area contributed by atoms with Crippen molar-refractivity contribution in [2.75, 3.05) is 58.0 Å². The largest absolute Gasteiger partial charge is 0.504 e. The quantitative estimate of drug-likeness (QED) is 0.0716. The molecule has 7 rings (SSSR count). The fourth-order valence-corrected chi connectivity index (χ4v) is 16.6. The Hall–Kier alpha value is -1.84. The molecule has 2 aromatic carbocycles. The molecule has 0 radical (unpaired) electrons. The SMILES string of the molecule is COc1cc(C[C@@H]2[C@H](O)CSS[C@@H](CCO)c3cc(O)c(O[C@@H]4CC[C@H]5CNC[C@H]6C#C[C@]7(C[C@H](C)C[C@@H](CSSC6)C7)[C@H]5C4)cc3CC[C@H](OCO)C[C@H]2O)cc(OC)c1O. The monoisotopic (exact) mass is 933 g/mol. The van der Waals surface area contributed by atoms with Crippen LogP contribution in [0.2, 0.25) is 0 Å². The lowest BCUT2D eigenvalue weighted by Gasteiger charge is -2.50. The number of phenols is 2. The summed E-state index contributed by atoms with van der Waals surface area (Å²) in [7, 11) is 9.93. The highest BCUT2D eigenvalue weighted by atomic mass is 33.1. The second-order valence-electron chi connectivity index (χ2n) is 18.3. The molecule has 62 heavy (non-hydrogen) atoms. The van der Waals surface area contributed by atoms with Crippen molar-refractivity contribution >= 4 is 43.2 Å². The van der Waals surface area contributed by atoms with Gasteiger partial charge in [0.15, 0.2) is 23.0 Å². The molecule has 5 aliphatic rings. The Balaban J connectivity index is 1.14. The number of hydrogen-bond donors (Lipinski definition) is 7. The zero-order valence-corrected chi connectivity index (χ0v) is 39.6. The van der Waals surface area contributed by atoms with Gasteiger partial charge in [0.1, 0.15) is 6.79 Å². The Morgan fingerprint density at radius 1 is 0.839 bits per heavy atom. The summed E-state index contributed by atoms with van der Waals surface area (Å²) in [6.07, 6.45) is 5.58. The van der Waals surface area contributed by atoms with E-state index in [-0.39, 0.29) is 65.0 Å². The fraction of sp³-hybridized carbons (Fsp3) is 0.702. The predicted octanol–water partition coefficient (Wildman–Crippen LogP) is 7.38. The zero-order chi connectivity index (χ0) is 43.8. The molecular formula is C47H67NO10S4. The van der Waals surface area contributed by atoms with Crippen molar-refractivity contribution in [3.05, 3.63) is 41.0 Å². The van der Waals surface area contributed by atoms with Gasteiger partial charge >= 0.3 is 0 Å². The third kappa shape index (κ3) is 11.8. The van der Waals surface area contributed by atoms with Gasteiger partial charge in [-0.05, 0) is 142 Å². The van der Waals surface area contributed by atoms with Crippen LogP contribution >= 0.6 is 43.2 Å². The summed E-state index contributed by atoms with van der Waals surface area (Å²) in [5.74, 6) is 13.1. The number of benzene rings is 2. The first kappa shape index (κ1) is 48.1. The summed E-state index contributed by atoms with van der Waals surface area (Å²) in [5.41, 5.74) is 2.50. The predicted molar refractivity (Wildman–Crippen MR) is 251 cm³/mol. The number of ether oxygens (including phenoxy) is 4. The molecule has 2 aliphatic carbocycles. The first-order valence-electron chi connectivity index (χ1n) is 22.4. The van der Waals surface area contributed by atoms with Gasteiger partial charge in [-0.25, -0.2) is 0 Å². The van der Waals surface area contributed by atoms with Crippen LogP contribution in [0.15, 0.2) is 24.3 Å². The minimum absolute atomic E-state index is 0.0440. The van der Waals surface area contributed by atoms with Gasteiger partial charge in [0.05, 0.1) is 38.6 Å². The number of nitrogens with one attached hydrogen (secondary N) is 1. The molecule has 3 heterocycles. The molecule has 0 unspecified atom stereocenters. The Bertz CT molecular complexity index is 1820. The number of aromatic hydroxyl groups is 2. The summed E-state index contributed by atoms with van der Waals surface area (Å²) >= 11 is 0. The van der Waals surface area contributed by atoms with Crippen LogP contribution in [0.25, 0.3) is 0 Å². The van der Waals surface area contributed by atoms with Crippen molar-refractivity contribution in [2.24, 2.45) is 40.9 Å². The summed E-state index contributed by atoms with van der Waals surface area (Å²) in [5, 5.41) is 69.6. The smallest absolute Gasteiger partial charge is 0.200 e. The third-order valence-corrected chi connectivity index (χ3v) is 19.4. The number of aryl methyl sites for hydroxylation is 1. The van der Waals surface area contributed by atoms with Crippen molar-refractivity contribution in [3.63, 3.8) is 0 Å². The molecule has 0 saturated heterocycles. The number of aliphatic hydroxyl groups excluding tert-OH is 4. The van der Waals surface area contributed by atoms with Crippen LogP contribution in [-0.2, 0) is 17.6 Å². The van der Waals surface area contributed by atoms with Crippen molar-refractivity contribution in [2.45, 2.75) is 107 Å². The van der Waals surface area contributed by atoms with Crippen LogP contribution < -0.4 is 19.5 Å². The topological polar surface area (TPSA) is 170 Å². The van der Waals surface area contributed by atoms with Gasteiger partial charge < -0.3 is 54.9 Å². The Labute approximate surface area is 383 Å². The lowest BCUT2D eigenvalue weighted by Crippen LogP contribution is -2.48. The number of phenolic OH excluding ortho intramolecular Hbond substituents is 2. The van der Waals surface area contributed by atoms with E-state index in [1.54, 1.807) is 18.2 Å². The van der Waals surface area contributed by atoms with Gasteiger partial charge in [0.25, 0.3) is 0 Å². The molecular weight excluding hydrogens is 867 g/mol. The number of hydrogen-bond acceptors (Lipinski definition) is 15. The normalized spacial score (nSPS) is 34.5. The van der Waals surface area contributed by atoms with E-state index in [2.05, 4.69) is 24.1 Å².